The van der Waals surface area contributed by atoms with Gasteiger partial charge in [0.2, 0.25) is 5.91 Å². The van der Waals surface area contributed by atoms with Gasteiger partial charge in [0, 0.05) is 18.9 Å². The van der Waals surface area contributed by atoms with Crippen LogP contribution in [0, 0.1) is 5.92 Å². The van der Waals surface area contributed by atoms with Gasteiger partial charge in [-0.1, -0.05) is 22.4 Å². The normalized spacial score (nSPS) is 18.7. The second kappa shape index (κ2) is 6.40. The SMILES string of the molecule is COCC(CBr)NC(=O)CC1CCC1. The fraction of sp³-hybridized carbons (Fsp3) is 0.900. The van der Waals surface area contributed by atoms with Crippen molar-refractivity contribution in [3.8, 4) is 0 Å². The van der Waals surface area contributed by atoms with Crippen LogP contribution in [0.15, 0.2) is 0 Å². The third-order valence-electron chi connectivity index (χ3n) is 2.62. The first-order valence-electron chi connectivity index (χ1n) is 5.10. The second-order valence-corrected chi connectivity index (χ2v) is 4.52. The zero-order valence-corrected chi connectivity index (χ0v) is 10.2. The summed E-state index contributed by atoms with van der Waals surface area (Å²) in [6.45, 7) is 0.571. The monoisotopic (exact) mass is 263 g/mol. The molecule has 14 heavy (non-hydrogen) atoms. The van der Waals surface area contributed by atoms with Crippen LogP contribution >= 0.6 is 15.9 Å². The van der Waals surface area contributed by atoms with Crippen LogP contribution in [0.4, 0.5) is 0 Å². The van der Waals surface area contributed by atoms with Crippen LogP contribution in [-0.4, -0.2) is 31.0 Å². The lowest BCUT2D eigenvalue weighted by molar-refractivity contribution is -0.123. The summed E-state index contributed by atoms with van der Waals surface area (Å²) < 4.78 is 5.00. The van der Waals surface area contributed by atoms with E-state index in [1.165, 1.54) is 19.3 Å². The van der Waals surface area contributed by atoms with E-state index in [9.17, 15) is 4.79 Å². The second-order valence-electron chi connectivity index (χ2n) is 3.88. The Morgan fingerprint density at radius 2 is 2.36 bits per heavy atom. The quantitative estimate of drug-likeness (QED) is 0.741. The minimum Gasteiger partial charge on any atom is -0.383 e. The minimum atomic E-state index is 0.104. The Hall–Kier alpha value is -0.0900. The highest BCUT2D eigenvalue weighted by molar-refractivity contribution is 9.09. The predicted octanol–water partition coefficient (Wildman–Crippen LogP) is 1.70. The van der Waals surface area contributed by atoms with Gasteiger partial charge in [0.05, 0.1) is 12.6 Å². The maximum absolute atomic E-state index is 11.5. The van der Waals surface area contributed by atoms with Crippen molar-refractivity contribution in [3.05, 3.63) is 0 Å². The van der Waals surface area contributed by atoms with Gasteiger partial charge in [0.1, 0.15) is 0 Å². The number of hydrogen-bond donors (Lipinski definition) is 1. The summed E-state index contributed by atoms with van der Waals surface area (Å²) in [6.07, 6.45) is 4.42. The molecule has 1 aliphatic carbocycles. The minimum absolute atomic E-state index is 0.104. The molecule has 1 amide bonds. The molecule has 1 unspecified atom stereocenters. The first kappa shape index (κ1) is 12.0. The summed E-state index contributed by atoms with van der Waals surface area (Å²) in [5, 5.41) is 3.70. The number of hydrogen-bond acceptors (Lipinski definition) is 2. The molecule has 0 aromatic heterocycles. The molecule has 3 nitrogen and oxygen atoms in total. The molecule has 1 N–H and O–H groups in total. The number of halogens is 1. The first-order chi connectivity index (χ1) is 6.76. The highest BCUT2D eigenvalue weighted by Crippen LogP contribution is 2.29. The molecule has 4 heteroatoms. The van der Waals surface area contributed by atoms with Crippen molar-refractivity contribution in [2.24, 2.45) is 5.92 Å². The fourth-order valence-electron chi connectivity index (χ4n) is 1.57. The number of amides is 1. The molecule has 0 aliphatic heterocycles. The van der Waals surface area contributed by atoms with Crippen LogP contribution in [0.25, 0.3) is 0 Å². The number of nitrogens with one attached hydrogen (secondary N) is 1. The molecule has 0 bridgehead atoms. The molecule has 0 aromatic rings. The molecular weight excluding hydrogens is 246 g/mol. The number of methoxy groups -OCH3 is 1. The standard InChI is InChI=1S/C10H18BrNO2/c1-14-7-9(6-11)12-10(13)5-8-3-2-4-8/h8-9H,2-7H2,1H3,(H,12,13). The summed E-state index contributed by atoms with van der Waals surface area (Å²) >= 11 is 3.35. The number of ether oxygens (including phenoxy) is 1. The van der Waals surface area contributed by atoms with Crippen molar-refractivity contribution >= 4 is 21.8 Å². The van der Waals surface area contributed by atoms with Gasteiger partial charge >= 0.3 is 0 Å². The summed E-state index contributed by atoms with van der Waals surface area (Å²) in [6, 6.07) is 0.104. The predicted molar refractivity (Wildman–Crippen MR) is 59.6 cm³/mol. The van der Waals surface area contributed by atoms with Crippen LogP contribution in [0.2, 0.25) is 0 Å². The molecule has 1 atom stereocenters. The smallest absolute Gasteiger partial charge is 0.220 e. The molecular formula is C10H18BrNO2. The Kier molecular flexibility index (Phi) is 5.48. The zero-order chi connectivity index (χ0) is 10.4. The van der Waals surface area contributed by atoms with Crippen molar-refractivity contribution in [2.75, 3.05) is 19.0 Å². The molecule has 1 aliphatic rings. The van der Waals surface area contributed by atoms with Crippen LogP contribution in [-0.2, 0) is 9.53 Å². The average Bonchev–Trinajstić information content (AvgIpc) is 2.11. The van der Waals surface area contributed by atoms with Gasteiger partial charge in [-0.2, -0.15) is 0 Å². The zero-order valence-electron chi connectivity index (χ0n) is 8.59. The summed E-state index contributed by atoms with van der Waals surface area (Å²) in [7, 11) is 1.65. The van der Waals surface area contributed by atoms with Gasteiger partial charge in [0.15, 0.2) is 0 Å². The molecule has 0 spiro atoms. The molecule has 1 rings (SSSR count). The number of carbonyl (C=O) groups is 1. The van der Waals surface area contributed by atoms with Crippen molar-refractivity contribution < 1.29 is 9.53 Å². The molecule has 0 heterocycles. The van der Waals surface area contributed by atoms with Gasteiger partial charge < -0.3 is 10.1 Å². The van der Waals surface area contributed by atoms with Crippen molar-refractivity contribution in [3.63, 3.8) is 0 Å². The largest absolute Gasteiger partial charge is 0.383 e. The van der Waals surface area contributed by atoms with E-state index in [-0.39, 0.29) is 11.9 Å². The van der Waals surface area contributed by atoms with E-state index < -0.39 is 0 Å². The fourth-order valence-corrected chi connectivity index (χ4v) is 1.92. The van der Waals surface area contributed by atoms with Gasteiger partial charge in [-0.25, -0.2) is 0 Å². The highest BCUT2D eigenvalue weighted by Gasteiger charge is 2.21. The van der Waals surface area contributed by atoms with Crippen molar-refractivity contribution in [1.82, 2.24) is 5.32 Å². The Balaban J connectivity index is 2.15. The maximum atomic E-state index is 11.5. The van der Waals surface area contributed by atoms with E-state index >= 15 is 0 Å². The molecule has 1 saturated carbocycles. The van der Waals surface area contributed by atoms with Gasteiger partial charge in [-0.3, -0.25) is 4.79 Å². The lowest BCUT2D eigenvalue weighted by Crippen LogP contribution is -2.40. The van der Waals surface area contributed by atoms with E-state index in [2.05, 4.69) is 21.2 Å². The van der Waals surface area contributed by atoms with E-state index in [0.29, 0.717) is 18.9 Å². The van der Waals surface area contributed by atoms with E-state index in [1.54, 1.807) is 7.11 Å². The lowest BCUT2D eigenvalue weighted by Gasteiger charge is -2.25. The molecule has 0 radical (unpaired) electrons. The number of rotatable bonds is 6. The highest BCUT2D eigenvalue weighted by atomic mass is 79.9. The Morgan fingerprint density at radius 1 is 1.64 bits per heavy atom. The third kappa shape index (κ3) is 3.96. The van der Waals surface area contributed by atoms with E-state index in [0.717, 1.165) is 5.33 Å². The Labute approximate surface area is 93.7 Å². The third-order valence-corrected chi connectivity index (χ3v) is 3.40. The maximum Gasteiger partial charge on any atom is 0.220 e. The van der Waals surface area contributed by atoms with Crippen LogP contribution in [0.3, 0.4) is 0 Å². The average molecular weight is 264 g/mol. The molecule has 0 aromatic carbocycles. The van der Waals surface area contributed by atoms with E-state index in [1.807, 2.05) is 0 Å². The number of carbonyl (C=O) groups excluding carboxylic acids is 1. The van der Waals surface area contributed by atoms with Gasteiger partial charge in [-0.15, -0.1) is 0 Å². The topological polar surface area (TPSA) is 38.3 Å². The lowest BCUT2D eigenvalue weighted by atomic mass is 9.83. The first-order valence-corrected chi connectivity index (χ1v) is 6.22. The van der Waals surface area contributed by atoms with Crippen molar-refractivity contribution in [2.45, 2.75) is 31.7 Å². The van der Waals surface area contributed by atoms with Gasteiger partial charge in [0.25, 0.3) is 0 Å². The molecule has 1 fully saturated rings. The summed E-state index contributed by atoms with van der Waals surface area (Å²) in [5.41, 5.74) is 0. The van der Waals surface area contributed by atoms with Crippen molar-refractivity contribution in [1.29, 1.82) is 0 Å². The van der Waals surface area contributed by atoms with Crippen LogP contribution < -0.4 is 5.32 Å². The van der Waals surface area contributed by atoms with Crippen LogP contribution in [0.1, 0.15) is 25.7 Å². The molecule has 0 saturated heterocycles. The van der Waals surface area contributed by atoms with E-state index in [4.69, 9.17) is 4.74 Å². The Bertz CT molecular complexity index is 183. The van der Waals surface area contributed by atoms with Gasteiger partial charge in [-0.05, 0) is 18.8 Å². The molecule has 82 valence electrons. The Morgan fingerprint density at radius 3 is 2.79 bits per heavy atom. The summed E-state index contributed by atoms with van der Waals surface area (Å²) in [5.74, 6) is 0.796. The van der Waals surface area contributed by atoms with Crippen LogP contribution in [0.5, 0.6) is 0 Å². The summed E-state index contributed by atoms with van der Waals surface area (Å²) in [4.78, 5) is 11.5. The number of alkyl halides is 1.